The van der Waals surface area contributed by atoms with Gasteiger partial charge in [0, 0.05) is 12.1 Å². The van der Waals surface area contributed by atoms with Gasteiger partial charge in [0.1, 0.15) is 22.1 Å². The maximum atomic E-state index is 13.2. The SMILES string of the molecule is COC1=CC(=O)C=C(C)C12Oc1c(Cl)c(OC)cc(OC)c1C2=O. The van der Waals surface area contributed by atoms with Gasteiger partial charge < -0.3 is 18.9 Å². The van der Waals surface area contributed by atoms with Gasteiger partial charge in [0.2, 0.25) is 11.4 Å². The Hall–Kier alpha value is -2.47. The monoisotopic (exact) mass is 350 g/mol. The molecule has 6 nitrogen and oxygen atoms in total. The van der Waals surface area contributed by atoms with Crippen LogP contribution in [0.1, 0.15) is 17.3 Å². The molecule has 0 N–H and O–H groups in total. The molecule has 0 saturated heterocycles. The number of ether oxygens (including phenoxy) is 4. The molecule has 1 heterocycles. The van der Waals surface area contributed by atoms with Crippen molar-refractivity contribution in [2.24, 2.45) is 0 Å². The Balaban J connectivity index is 2.28. The standard InChI is InChI=1S/C17H15ClO6/c1-8-5-9(19)6-12(23-4)17(8)16(20)13-10(21-2)7-11(22-3)14(18)15(13)24-17/h5-7H,1-4H3. The Morgan fingerprint density at radius 3 is 2.29 bits per heavy atom. The number of fused-ring (bicyclic) bond motifs is 1. The second kappa shape index (κ2) is 5.56. The first-order valence-electron chi connectivity index (χ1n) is 7.07. The van der Waals surface area contributed by atoms with E-state index in [-0.39, 0.29) is 33.6 Å². The number of rotatable bonds is 3. The fourth-order valence-electron chi connectivity index (χ4n) is 2.99. The Bertz CT molecular complexity index is 823. The van der Waals surface area contributed by atoms with Crippen molar-refractivity contribution < 1.29 is 28.5 Å². The molecule has 0 amide bonds. The molecule has 7 heteroatoms. The molecule has 1 aromatic carbocycles. The van der Waals surface area contributed by atoms with Crippen molar-refractivity contribution in [3.05, 3.63) is 40.1 Å². The predicted octanol–water partition coefficient (Wildman–Crippen LogP) is 2.73. The highest BCUT2D eigenvalue weighted by molar-refractivity contribution is 6.35. The highest BCUT2D eigenvalue weighted by atomic mass is 35.5. The van der Waals surface area contributed by atoms with Crippen LogP contribution >= 0.6 is 11.6 Å². The second-order valence-electron chi connectivity index (χ2n) is 5.35. The molecule has 0 aromatic heterocycles. The number of ketones is 2. The summed E-state index contributed by atoms with van der Waals surface area (Å²) in [6, 6.07) is 1.52. The lowest BCUT2D eigenvalue weighted by molar-refractivity contribution is -0.111. The average Bonchev–Trinajstić information content (AvgIpc) is 2.87. The first-order chi connectivity index (χ1) is 11.4. The molecule has 2 aliphatic rings. The van der Waals surface area contributed by atoms with Crippen molar-refractivity contribution >= 4 is 23.2 Å². The van der Waals surface area contributed by atoms with Crippen LogP contribution in [-0.4, -0.2) is 38.5 Å². The zero-order valence-corrected chi connectivity index (χ0v) is 14.3. The van der Waals surface area contributed by atoms with Gasteiger partial charge in [0.25, 0.3) is 0 Å². The number of halogens is 1. The van der Waals surface area contributed by atoms with Crippen LogP contribution in [0.5, 0.6) is 17.2 Å². The number of carbonyl (C=O) groups excluding carboxylic acids is 2. The van der Waals surface area contributed by atoms with Crippen molar-refractivity contribution in [1.82, 2.24) is 0 Å². The minimum Gasteiger partial charge on any atom is -0.496 e. The molecule has 0 saturated carbocycles. The summed E-state index contributed by atoms with van der Waals surface area (Å²) in [5.41, 5.74) is -0.965. The van der Waals surface area contributed by atoms with Crippen molar-refractivity contribution in [2.45, 2.75) is 12.5 Å². The van der Waals surface area contributed by atoms with E-state index >= 15 is 0 Å². The van der Waals surface area contributed by atoms with E-state index in [9.17, 15) is 9.59 Å². The Labute approximate surface area is 143 Å². The van der Waals surface area contributed by atoms with Crippen molar-refractivity contribution in [3.8, 4) is 17.2 Å². The summed E-state index contributed by atoms with van der Waals surface area (Å²) in [4.78, 5) is 25.0. The molecule has 1 unspecified atom stereocenters. The van der Waals surface area contributed by atoms with Gasteiger partial charge in [-0.3, -0.25) is 9.59 Å². The van der Waals surface area contributed by atoms with E-state index in [0.29, 0.717) is 11.3 Å². The van der Waals surface area contributed by atoms with Gasteiger partial charge in [-0.2, -0.15) is 0 Å². The molecule has 1 atom stereocenters. The summed E-state index contributed by atoms with van der Waals surface area (Å²) in [7, 11) is 4.25. The van der Waals surface area contributed by atoms with Gasteiger partial charge in [-0.1, -0.05) is 11.6 Å². The number of benzene rings is 1. The number of methoxy groups -OCH3 is 3. The smallest absolute Gasteiger partial charge is 0.249 e. The summed E-state index contributed by atoms with van der Waals surface area (Å²) < 4.78 is 21.8. The van der Waals surface area contributed by atoms with Crippen molar-refractivity contribution in [3.63, 3.8) is 0 Å². The second-order valence-corrected chi connectivity index (χ2v) is 5.73. The van der Waals surface area contributed by atoms with Crippen LogP contribution in [0.25, 0.3) is 0 Å². The van der Waals surface area contributed by atoms with Gasteiger partial charge in [0.15, 0.2) is 17.3 Å². The van der Waals surface area contributed by atoms with Gasteiger partial charge in [-0.15, -0.1) is 0 Å². The summed E-state index contributed by atoms with van der Waals surface area (Å²) in [6.45, 7) is 1.63. The van der Waals surface area contributed by atoms with Crippen molar-refractivity contribution in [2.75, 3.05) is 21.3 Å². The van der Waals surface area contributed by atoms with E-state index in [1.54, 1.807) is 6.92 Å². The maximum absolute atomic E-state index is 13.2. The molecular formula is C17H15ClO6. The molecular weight excluding hydrogens is 336 g/mol. The third-order valence-corrected chi connectivity index (χ3v) is 4.51. The fraction of sp³-hybridized carbons (Fsp3) is 0.294. The molecule has 0 bridgehead atoms. The van der Waals surface area contributed by atoms with Crippen LogP contribution in [0, 0.1) is 0 Å². The van der Waals surface area contributed by atoms with E-state index in [0.717, 1.165) is 0 Å². The number of Topliss-reactive ketones (excluding diaryl/α,β-unsaturated/α-hetero) is 1. The molecule has 0 fully saturated rings. The largest absolute Gasteiger partial charge is 0.496 e. The van der Waals surface area contributed by atoms with Crippen molar-refractivity contribution in [1.29, 1.82) is 0 Å². The maximum Gasteiger partial charge on any atom is 0.249 e. The normalized spacial score (nSPS) is 21.9. The van der Waals surface area contributed by atoms with Gasteiger partial charge >= 0.3 is 0 Å². The molecule has 1 aliphatic heterocycles. The summed E-state index contributed by atoms with van der Waals surface area (Å²) in [5.74, 6) is 0.141. The average molecular weight is 351 g/mol. The molecule has 24 heavy (non-hydrogen) atoms. The number of hydrogen-bond acceptors (Lipinski definition) is 6. The molecule has 3 rings (SSSR count). The highest BCUT2D eigenvalue weighted by Crippen LogP contribution is 2.53. The lowest BCUT2D eigenvalue weighted by Gasteiger charge is -2.31. The van der Waals surface area contributed by atoms with E-state index in [4.69, 9.17) is 30.5 Å². The molecule has 1 spiro atoms. The minimum atomic E-state index is -1.56. The molecule has 1 aromatic rings. The van der Waals surface area contributed by atoms with Crippen LogP contribution < -0.4 is 14.2 Å². The molecule has 1 aliphatic carbocycles. The Morgan fingerprint density at radius 1 is 1.04 bits per heavy atom. The Morgan fingerprint density at radius 2 is 1.71 bits per heavy atom. The van der Waals surface area contributed by atoms with E-state index < -0.39 is 11.4 Å². The van der Waals surface area contributed by atoms with Gasteiger partial charge in [0.05, 0.1) is 21.3 Å². The molecule has 126 valence electrons. The number of allylic oxidation sites excluding steroid dienone is 2. The Kier molecular flexibility index (Phi) is 3.80. The van der Waals surface area contributed by atoms with E-state index in [2.05, 4.69) is 0 Å². The third-order valence-electron chi connectivity index (χ3n) is 4.15. The third kappa shape index (κ3) is 1.96. The number of hydrogen-bond donors (Lipinski definition) is 0. The van der Waals surface area contributed by atoms with E-state index in [1.165, 1.54) is 39.5 Å². The zero-order chi connectivity index (χ0) is 17.6. The predicted molar refractivity (Wildman–Crippen MR) is 86.1 cm³/mol. The molecule has 0 radical (unpaired) electrons. The van der Waals surface area contributed by atoms with E-state index in [1.807, 2.05) is 0 Å². The van der Waals surface area contributed by atoms with Crippen LogP contribution in [0.15, 0.2) is 29.6 Å². The lowest BCUT2D eigenvalue weighted by atomic mass is 9.82. The number of carbonyl (C=O) groups is 2. The fourth-order valence-corrected chi connectivity index (χ4v) is 3.26. The lowest BCUT2D eigenvalue weighted by Crippen LogP contribution is -2.46. The minimum absolute atomic E-state index is 0.103. The van der Waals surface area contributed by atoms with Gasteiger partial charge in [-0.05, 0) is 18.6 Å². The van der Waals surface area contributed by atoms with Gasteiger partial charge in [-0.25, -0.2) is 0 Å². The zero-order valence-electron chi connectivity index (χ0n) is 13.6. The summed E-state index contributed by atoms with van der Waals surface area (Å²) >= 11 is 6.31. The quantitative estimate of drug-likeness (QED) is 0.834. The van der Waals surface area contributed by atoms with Crippen LogP contribution in [0.2, 0.25) is 5.02 Å². The van der Waals surface area contributed by atoms with Crippen LogP contribution in [0.4, 0.5) is 0 Å². The first kappa shape index (κ1) is 16.4. The van der Waals surface area contributed by atoms with Crippen LogP contribution in [-0.2, 0) is 9.53 Å². The first-order valence-corrected chi connectivity index (χ1v) is 7.45. The summed E-state index contributed by atoms with van der Waals surface area (Å²) in [5, 5.41) is 0.152. The summed E-state index contributed by atoms with van der Waals surface area (Å²) in [6.07, 6.45) is 2.57. The highest BCUT2D eigenvalue weighted by Gasteiger charge is 2.57. The van der Waals surface area contributed by atoms with Crippen LogP contribution in [0.3, 0.4) is 0 Å². The topological polar surface area (TPSA) is 71.1 Å².